The molecule has 1 saturated heterocycles. The molecule has 1 amide bonds. The summed E-state index contributed by atoms with van der Waals surface area (Å²) in [7, 11) is 3.85. The summed E-state index contributed by atoms with van der Waals surface area (Å²) in [4.78, 5) is 21.8. The molecule has 0 spiro atoms. The monoisotopic (exact) mass is 433 g/mol. The predicted molar refractivity (Wildman–Crippen MR) is 119 cm³/mol. The highest BCUT2D eigenvalue weighted by Crippen LogP contribution is 2.23. The number of amides is 1. The molecule has 1 aliphatic rings. The van der Waals surface area contributed by atoms with Gasteiger partial charge in [-0.3, -0.25) is 19.1 Å². The first-order valence-corrected chi connectivity index (χ1v) is 10.7. The van der Waals surface area contributed by atoms with Crippen LogP contribution in [0, 0.1) is 13.8 Å². The van der Waals surface area contributed by atoms with Crippen LogP contribution >= 0.6 is 0 Å². The molecule has 0 radical (unpaired) electrons. The zero-order valence-electron chi connectivity index (χ0n) is 18.9. The molecule has 0 aliphatic carbocycles. The van der Waals surface area contributed by atoms with Gasteiger partial charge in [0.1, 0.15) is 0 Å². The van der Waals surface area contributed by atoms with Crippen LogP contribution in [0.4, 0.5) is 0 Å². The van der Waals surface area contributed by atoms with Crippen LogP contribution in [0.1, 0.15) is 27.4 Å². The van der Waals surface area contributed by atoms with Crippen LogP contribution in [0.3, 0.4) is 0 Å². The number of piperazine rings is 1. The van der Waals surface area contributed by atoms with Crippen LogP contribution in [0.15, 0.2) is 30.7 Å². The van der Waals surface area contributed by atoms with Crippen molar-refractivity contribution in [2.75, 3.05) is 26.2 Å². The summed E-state index contributed by atoms with van der Waals surface area (Å²) in [5, 5.41) is 13.4. The molecule has 1 fully saturated rings. The number of carbonyl (C=O) groups is 1. The Morgan fingerprint density at radius 1 is 1.09 bits per heavy atom. The van der Waals surface area contributed by atoms with E-state index in [1.54, 1.807) is 16.8 Å². The molecule has 10 heteroatoms. The normalized spacial score (nSPS) is 15.1. The first-order chi connectivity index (χ1) is 15.4. The SMILES string of the molecule is Cc1nn(C)cc1CN1CCN(C(=O)c2cc3nccc(-c4cnn(C)c4C)n3n2)CC1. The van der Waals surface area contributed by atoms with E-state index in [0.717, 1.165) is 42.3 Å². The second kappa shape index (κ2) is 7.86. The number of rotatable bonds is 4. The molecule has 5 rings (SSSR count). The minimum Gasteiger partial charge on any atom is -0.335 e. The summed E-state index contributed by atoms with van der Waals surface area (Å²) in [6, 6.07) is 3.67. The van der Waals surface area contributed by atoms with Gasteiger partial charge in [0.05, 0.1) is 17.6 Å². The molecule has 0 aromatic carbocycles. The highest BCUT2D eigenvalue weighted by Gasteiger charge is 2.25. The molecule has 0 saturated carbocycles. The molecular formula is C22H27N9O. The van der Waals surface area contributed by atoms with E-state index in [4.69, 9.17) is 0 Å². The summed E-state index contributed by atoms with van der Waals surface area (Å²) in [5.41, 5.74) is 6.24. The molecule has 166 valence electrons. The van der Waals surface area contributed by atoms with Crippen LogP contribution in [-0.2, 0) is 20.6 Å². The Morgan fingerprint density at radius 2 is 1.88 bits per heavy atom. The van der Waals surface area contributed by atoms with Gasteiger partial charge in [0.15, 0.2) is 11.3 Å². The summed E-state index contributed by atoms with van der Waals surface area (Å²) < 4.78 is 5.41. The lowest BCUT2D eigenvalue weighted by atomic mass is 10.2. The van der Waals surface area contributed by atoms with Gasteiger partial charge in [-0.05, 0) is 19.9 Å². The van der Waals surface area contributed by atoms with E-state index < -0.39 is 0 Å². The standard InChI is InChI=1S/C22H27N9O/c1-15-17(13-27(3)25-15)14-29-7-9-30(10-8-29)22(32)19-11-21-23-6-5-20(31(21)26-19)18-12-24-28(4)16(18)2/h5-6,11-13H,7-10,14H2,1-4H3. The van der Waals surface area contributed by atoms with Crippen molar-refractivity contribution >= 4 is 11.6 Å². The maximum atomic E-state index is 13.2. The topological polar surface area (TPSA) is 89.4 Å². The van der Waals surface area contributed by atoms with Crippen molar-refractivity contribution in [2.24, 2.45) is 14.1 Å². The van der Waals surface area contributed by atoms with Crippen LogP contribution < -0.4 is 0 Å². The molecule has 0 unspecified atom stereocenters. The highest BCUT2D eigenvalue weighted by atomic mass is 16.2. The molecule has 0 N–H and O–H groups in total. The van der Waals surface area contributed by atoms with E-state index in [2.05, 4.69) is 31.4 Å². The molecule has 4 aromatic rings. The zero-order chi connectivity index (χ0) is 22.4. The first-order valence-electron chi connectivity index (χ1n) is 10.7. The van der Waals surface area contributed by atoms with Crippen LogP contribution in [-0.4, -0.2) is 76.0 Å². The maximum absolute atomic E-state index is 13.2. The Morgan fingerprint density at radius 3 is 2.53 bits per heavy atom. The number of hydrogen-bond acceptors (Lipinski definition) is 6. The lowest BCUT2D eigenvalue weighted by molar-refractivity contribution is 0.0622. The fraction of sp³-hybridized carbons (Fsp3) is 0.409. The Balaban J connectivity index is 1.32. The maximum Gasteiger partial charge on any atom is 0.274 e. The van der Waals surface area contributed by atoms with Gasteiger partial charge < -0.3 is 4.90 Å². The van der Waals surface area contributed by atoms with Crippen molar-refractivity contribution in [3.8, 4) is 11.3 Å². The van der Waals surface area contributed by atoms with Crippen molar-refractivity contribution in [2.45, 2.75) is 20.4 Å². The average Bonchev–Trinajstić information content (AvgIpc) is 3.45. The van der Waals surface area contributed by atoms with Crippen LogP contribution in [0.5, 0.6) is 0 Å². The molecule has 0 atom stereocenters. The fourth-order valence-electron chi connectivity index (χ4n) is 4.27. The van der Waals surface area contributed by atoms with Crippen LogP contribution in [0.2, 0.25) is 0 Å². The fourth-order valence-corrected chi connectivity index (χ4v) is 4.27. The van der Waals surface area contributed by atoms with Gasteiger partial charge in [0.2, 0.25) is 0 Å². The minimum atomic E-state index is -0.0541. The van der Waals surface area contributed by atoms with Gasteiger partial charge in [-0.15, -0.1) is 0 Å². The third kappa shape index (κ3) is 3.56. The lowest BCUT2D eigenvalue weighted by Gasteiger charge is -2.34. The highest BCUT2D eigenvalue weighted by molar-refractivity contribution is 5.93. The number of hydrogen-bond donors (Lipinski definition) is 0. The number of aryl methyl sites for hydroxylation is 3. The van der Waals surface area contributed by atoms with Gasteiger partial charge in [-0.25, -0.2) is 9.50 Å². The Hall–Kier alpha value is -3.53. The summed E-state index contributed by atoms with van der Waals surface area (Å²) in [5.74, 6) is -0.0541. The molecule has 10 nitrogen and oxygen atoms in total. The van der Waals surface area contributed by atoms with Gasteiger partial charge >= 0.3 is 0 Å². The second-order valence-electron chi connectivity index (χ2n) is 8.38. The first kappa shape index (κ1) is 20.4. The van der Waals surface area contributed by atoms with Crippen molar-refractivity contribution in [3.05, 3.63) is 53.4 Å². The van der Waals surface area contributed by atoms with E-state index in [9.17, 15) is 4.79 Å². The summed E-state index contributed by atoms with van der Waals surface area (Å²) >= 11 is 0. The van der Waals surface area contributed by atoms with Gasteiger partial charge in [0, 0.05) is 82.1 Å². The average molecular weight is 434 g/mol. The molecule has 32 heavy (non-hydrogen) atoms. The Kier molecular flexibility index (Phi) is 5.01. The number of aromatic nitrogens is 7. The van der Waals surface area contributed by atoms with Crippen molar-refractivity contribution in [1.82, 2.24) is 44.0 Å². The van der Waals surface area contributed by atoms with E-state index in [1.165, 1.54) is 5.56 Å². The zero-order valence-corrected chi connectivity index (χ0v) is 18.9. The smallest absolute Gasteiger partial charge is 0.274 e. The van der Waals surface area contributed by atoms with Crippen molar-refractivity contribution in [1.29, 1.82) is 0 Å². The minimum absolute atomic E-state index is 0.0541. The number of fused-ring (bicyclic) bond motifs is 1. The second-order valence-corrected chi connectivity index (χ2v) is 8.38. The summed E-state index contributed by atoms with van der Waals surface area (Å²) in [6.45, 7) is 7.90. The molecule has 0 bridgehead atoms. The molecule has 4 aromatic heterocycles. The Bertz CT molecular complexity index is 1290. The number of carbonyl (C=O) groups excluding carboxylic acids is 1. The largest absolute Gasteiger partial charge is 0.335 e. The van der Waals surface area contributed by atoms with Gasteiger partial charge in [0.25, 0.3) is 5.91 Å². The van der Waals surface area contributed by atoms with Crippen molar-refractivity contribution < 1.29 is 4.79 Å². The lowest BCUT2D eigenvalue weighted by Crippen LogP contribution is -2.48. The predicted octanol–water partition coefficient (Wildman–Crippen LogP) is 1.44. The molecule has 5 heterocycles. The van der Waals surface area contributed by atoms with E-state index >= 15 is 0 Å². The van der Waals surface area contributed by atoms with E-state index in [1.807, 2.05) is 54.5 Å². The van der Waals surface area contributed by atoms with Crippen molar-refractivity contribution in [3.63, 3.8) is 0 Å². The Labute approximate surface area is 186 Å². The van der Waals surface area contributed by atoms with E-state index in [0.29, 0.717) is 24.4 Å². The molecular weight excluding hydrogens is 406 g/mol. The van der Waals surface area contributed by atoms with Gasteiger partial charge in [-0.2, -0.15) is 15.3 Å². The van der Waals surface area contributed by atoms with Gasteiger partial charge in [-0.1, -0.05) is 0 Å². The number of nitrogens with zero attached hydrogens (tertiary/aromatic N) is 9. The third-order valence-corrected chi connectivity index (χ3v) is 6.26. The van der Waals surface area contributed by atoms with E-state index in [-0.39, 0.29) is 5.91 Å². The third-order valence-electron chi connectivity index (χ3n) is 6.26. The molecule has 1 aliphatic heterocycles. The quantitative estimate of drug-likeness (QED) is 0.484. The van der Waals surface area contributed by atoms with Crippen LogP contribution in [0.25, 0.3) is 16.9 Å². The summed E-state index contributed by atoms with van der Waals surface area (Å²) in [6.07, 6.45) is 5.63.